The lowest BCUT2D eigenvalue weighted by atomic mass is 10.2. The van der Waals surface area contributed by atoms with Gasteiger partial charge in [-0.05, 0) is 23.8 Å². The predicted octanol–water partition coefficient (Wildman–Crippen LogP) is 1.37. The number of amides is 1. The van der Waals surface area contributed by atoms with Crippen molar-refractivity contribution < 1.29 is 23.8 Å². The monoisotopic (exact) mass is 297 g/mol. The molecule has 0 bridgehead atoms. The van der Waals surface area contributed by atoms with Gasteiger partial charge in [-0.3, -0.25) is 4.79 Å². The fourth-order valence-electron chi connectivity index (χ4n) is 1.50. The van der Waals surface area contributed by atoms with Gasteiger partial charge in [-0.25, -0.2) is 4.79 Å². The molecule has 0 atom stereocenters. The van der Waals surface area contributed by atoms with Crippen molar-refractivity contribution in [2.45, 2.75) is 0 Å². The Morgan fingerprint density at radius 1 is 1.45 bits per heavy atom. The molecule has 1 heterocycles. The smallest absolute Gasteiger partial charge is 0.331 e. The minimum Gasteiger partial charge on any atom is -0.454 e. The summed E-state index contributed by atoms with van der Waals surface area (Å²) in [5.74, 6) is 0.0159. The maximum Gasteiger partial charge on any atom is 0.331 e. The van der Waals surface area contributed by atoms with Crippen LogP contribution >= 0.6 is 11.6 Å². The fourth-order valence-corrected chi connectivity index (χ4v) is 1.78. The molecule has 1 aromatic rings. The molecule has 1 amide bonds. The summed E-state index contributed by atoms with van der Waals surface area (Å²) in [6.45, 7) is -0.196. The number of esters is 1. The quantitative estimate of drug-likeness (QED) is 0.671. The van der Waals surface area contributed by atoms with Crippen LogP contribution in [0, 0.1) is 0 Å². The van der Waals surface area contributed by atoms with Crippen LogP contribution in [-0.4, -0.2) is 32.3 Å². The summed E-state index contributed by atoms with van der Waals surface area (Å²) in [7, 11) is 1.46. The average molecular weight is 298 g/mol. The summed E-state index contributed by atoms with van der Waals surface area (Å²) >= 11 is 6.00. The number of carbonyl (C=O) groups excluding carboxylic acids is 2. The summed E-state index contributed by atoms with van der Waals surface area (Å²) in [4.78, 5) is 22.3. The fraction of sp³-hybridized carbons (Fsp3) is 0.231. The van der Waals surface area contributed by atoms with Gasteiger partial charge in [0.1, 0.15) is 0 Å². The summed E-state index contributed by atoms with van der Waals surface area (Å²) in [6, 6.07) is 3.33. The Morgan fingerprint density at radius 3 is 3.00 bits per heavy atom. The molecule has 0 saturated heterocycles. The van der Waals surface area contributed by atoms with E-state index >= 15 is 0 Å². The zero-order valence-electron chi connectivity index (χ0n) is 10.6. The summed E-state index contributed by atoms with van der Waals surface area (Å²) in [5, 5.41) is 2.74. The Labute approximate surface area is 120 Å². The van der Waals surface area contributed by atoms with Crippen LogP contribution in [0.25, 0.3) is 6.08 Å². The Bertz CT molecular complexity index is 570. The molecule has 0 unspecified atom stereocenters. The number of fused-ring (bicyclic) bond motifs is 1. The number of nitrogens with one attached hydrogen (secondary N) is 1. The number of likely N-dealkylation sites (N-methyl/N-ethyl adjacent to an activating group) is 1. The van der Waals surface area contributed by atoms with Crippen molar-refractivity contribution in [1.29, 1.82) is 0 Å². The van der Waals surface area contributed by atoms with E-state index in [0.717, 1.165) is 0 Å². The molecule has 1 aliphatic heterocycles. The molecule has 0 saturated carbocycles. The number of hydrogen-bond acceptors (Lipinski definition) is 5. The van der Waals surface area contributed by atoms with Gasteiger partial charge in [0, 0.05) is 13.1 Å². The van der Waals surface area contributed by atoms with Gasteiger partial charge in [0.15, 0.2) is 18.1 Å². The van der Waals surface area contributed by atoms with Crippen LogP contribution in [-0.2, 0) is 14.3 Å². The second kappa shape index (κ2) is 6.29. The number of benzene rings is 1. The van der Waals surface area contributed by atoms with E-state index in [1.165, 1.54) is 19.2 Å². The molecule has 0 spiro atoms. The summed E-state index contributed by atoms with van der Waals surface area (Å²) in [5.41, 5.74) is 0.663. The number of halogens is 1. The zero-order chi connectivity index (χ0) is 14.5. The first-order valence-corrected chi connectivity index (χ1v) is 6.12. The first-order chi connectivity index (χ1) is 9.60. The van der Waals surface area contributed by atoms with Crippen LogP contribution in [0.2, 0.25) is 5.02 Å². The lowest BCUT2D eigenvalue weighted by Crippen LogP contribution is -2.24. The van der Waals surface area contributed by atoms with E-state index in [4.69, 9.17) is 25.8 Å². The lowest BCUT2D eigenvalue weighted by molar-refractivity contribution is -0.143. The van der Waals surface area contributed by atoms with Crippen molar-refractivity contribution in [2.24, 2.45) is 0 Å². The van der Waals surface area contributed by atoms with Gasteiger partial charge in [0.25, 0.3) is 5.91 Å². The molecule has 0 radical (unpaired) electrons. The highest BCUT2D eigenvalue weighted by Gasteiger charge is 2.17. The Balaban J connectivity index is 1.99. The average Bonchev–Trinajstić information content (AvgIpc) is 2.91. The molecule has 6 nitrogen and oxygen atoms in total. The third kappa shape index (κ3) is 3.42. The van der Waals surface area contributed by atoms with E-state index in [9.17, 15) is 9.59 Å². The van der Waals surface area contributed by atoms with Gasteiger partial charge < -0.3 is 19.5 Å². The molecular formula is C13H12ClNO5. The molecule has 1 aliphatic rings. The van der Waals surface area contributed by atoms with E-state index in [1.807, 2.05) is 0 Å². The maximum atomic E-state index is 11.4. The lowest BCUT2D eigenvalue weighted by Gasteiger charge is -2.02. The Morgan fingerprint density at radius 2 is 2.25 bits per heavy atom. The minimum atomic E-state index is -0.623. The highest BCUT2D eigenvalue weighted by atomic mass is 35.5. The van der Waals surface area contributed by atoms with E-state index in [1.54, 1.807) is 12.1 Å². The molecule has 7 heteroatoms. The highest BCUT2D eigenvalue weighted by molar-refractivity contribution is 6.32. The van der Waals surface area contributed by atoms with Crippen molar-refractivity contribution >= 4 is 29.6 Å². The number of ether oxygens (including phenoxy) is 3. The van der Waals surface area contributed by atoms with Crippen LogP contribution in [0.15, 0.2) is 18.2 Å². The van der Waals surface area contributed by atoms with Gasteiger partial charge in [-0.1, -0.05) is 11.6 Å². The zero-order valence-corrected chi connectivity index (χ0v) is 11.4. The predicted molar refractivity (Wildman–Crippen MR) is 71.6 cm³/mol. The number of hydrogen-bond donors (Lipinski definition) is 1. The van der Waals surface area contributed by atoms with Crippen LogP contribution in [0.4, 0.5) is 0 Å². The van der Waals surface area contributed by atoms with Crippen molar-refractivity contribution in [3.8, 4) is 11.5 Å². The molecule has 0 aliphatic carbocycles. The third-order valence-electron chi connectivity index (χ3n) is 2.49. The van der Waals surface area contributed by atoms with Crippen molar-refractivity contribution in [1.82, 2.24) is 5.32 Å². The topological polar surface area (TPSA) is 73.9 Å². The Hall–Kier alpha value is -2.21. The van der Waals surface area contributed by atoms with Crippen LogP contribution in [0.1, 0.15) is 5.56 Å². The standard InChI is InChI=1S/C13H12ClNO5/c1-15-11(16)6-18-12(17)3-2-8-4-9(14)13-10(5-8)19-7-20-13/h2-5H,6-7H2,1H3,(H,15,16)/b3-2+. The van der Waals surface area contributed by atoms with Gasteiger partial charge in [-0.15, -0.1) is 0 Å². The van der Waals surface area contributed by atoms with Crippen molar-refractivity contribution in [2.75, 3.05) is 20.4 Å². The van der Waals surface area contributed by atoms with Gasteiger partial charge >= 0.3 is 5.97 Å². The van der Waals surface area contributed by atoms with Gasteiger partial charge in [-0.2, -0.15) is 0 Å². The molecule has 1 N–H and O–H groups in total. The molecular weight excluding hydrogens is 286 g/mol. The molecule has 0 fully saturated rings. The second-order valence-corrected chi connectivity index (χ2v) is 4.26. The summed E-state index contributed by atoms with van der Waals surface area (Å²) in [6.07, 6.45) is 2.72. The first kappa shape index (κ1) is 14.2. The summed E-state index contributed by atoms with van der Waals surface area (Å²) < 4.78 is 15.1. The SMILES string of the molecule is CNC(=O)COC(=O)/C=C/c1cc(Cl)c2c(c1)OCO2. The third-order valence-corrected chi connectivity index (χ3v) is 2.77. The van der Waals surface area contributed by atoms with E-state index < -0.39 is 5.97 Å². The van der Waals surface area contributed by atoms with E-state index in [-0.39, 0.29) is 19.3 Å². The Kier molecular flexibility index (Phi) is 4.47. The van der Waals surface area contributed by atoms with Gasteiger partial charge in [0.05, 0.1) is 5.02 Å². The molecule has 2 rings (SSSR count). The maximum absolute atomic E-state index is 11.4. The van der Waals surface area contributed by atoms with Gasteiger partial charge in [0.2, 0.25) is 6.79 Å². The van der Waals surface area contributed by atoms with E-state index in [0.29, 0.717) is 22.1 Å². The largest absolute Gasteiger partial charge is 0.454 e. The van der Waals surface area contributed by atoms with Crippen LogP contribution in [0.5, 0.6) is 11.5 Å². The van der Waals surface area contributed by atoms with Crippen molar-refractivity contribution in [3.63, 3.8) is 0 Å². The highest BCUT2D eigenvalue weighted by Crippen LogP contribution is 2.39. The normalized spacial score (nSPS) is 12.5. The van der Waals surface area contributed by atoms with E-state index in [2.05, 4.69) is 5.32 Å². The minimum absolute atomic E-state index is 0.121. The van der Waals surface area contributed by atoms with Crippen LogP contribution in [0.3, 0.4) is 0 Å². The van der Waals surface area contributed by atoms with Crippen LogP contribution < -0.4 is 14.8 Å². The molecule has 106 valence electrons. The first-order valence-electron chi connectivity index (χ1n) is 5.74. The number of rotatable bonds is 4. The number of carbonyl (C=O) groups is 2. The molecule has 1 aromatic carbocycles. The molecule has 0 aromatic heterocycles. The second-order valence-electron chi connectivity index (χ2n) is 3.85. The van der Waals surface area contributed by atoms with Crippen molar-refractivity contribution in [3.05, 3.63) is 28.8 Å². The molecule has 20 heavy (non-hydrogen) atoms.